The van der Waals surface area contributed by atoms with Crippen molar-refractivity contribution < 1.29 is 29.2 Å². The molecular formula is C24H32F2N4O4. The number of nitrogens with one attached hydrogen (secondary N) is 2. The van der Waals surface area contributed by atoms with E-state index in [1.165, 1.54) is 18.2 Å². The molecule has 2 aliphatic heterocycles. The summed E-state index contributed by atoms with van der Waals surface area (Å²) in [6, 6.07) is 10.8. The first kappa shape index (κ1) is 24.9. The van der Waals surface area contributed by atoms with Crippen molar-refractivity contribution in [2.75, 3.05) is 19.0 Å². The molecule has 10 heteroatoms. The first-order valence-electron chi connectivity index (χ1n) is 11.3. The Morgan fingerprint density at radius 2 is 1.91 bits per heavy atom. The van der Waals surface area contributed by atoms with Crippen LogP contribution in [0.4, 0.5) is 14.5 Å². The van der Waals surface area contributed by atoms with Gasteiger partial charge in [-0.25, -0.2) is 0 Å². The summed E-state index contributed by atoms with van der Waals surface area (Å²) >= 11 is 0. The highest BCUT2D eigenvalue weighted by Crippen LogP contribution is 2.37. The number of fused-ring (bicyclic) bond motifs is 1. The molecule has 1 fully saturated rings. The van der Waals surface area contributed by atoms with Crippen LogP contribution in [0.15, 0.2) is 42.5 Å². The minimum atomic E-state index is -3.50. The van der Waals surface area contributed by atoms with Gasteiger partial charge in [-0.05, 0) is 41.7 Å². The molecule has 0 saturated carbocycles. The van der Waals surface area contributed by atoms with E-state index in [0.717, 1.165) is 5.56 Å². The van der Waals surface area contributed by atoms with Crippen LogP contribution in [0.2, 0.25) is 0 Å². The Morgan fingerprint density at radius 1 is 1.15 bits per heavy atom. The lowest BCUT2D eigenvalue weighted by molar-refractivity contribution is -0.129. The number of nitrogens with zero attached hydrogens (tertiary/aromatic N) is 2. The third-order valence-corrected chi connectivity index (χ3v) is 6.63. The Morgan fingerprint density at radius 3 is 2.62 bits per heavy atom. The quantitative estimate of drug-likeness (QED) is 0.329. The molecule has 0 amide bonds. The molecule has 0 radical (unpaired) electrons. The van der Waals surface area contributed by atoms with Gasteiger partial charge in [0, 0.05) is 38.4 Å². The number of hydrogen-bond donors (Lipinski definition) is 6. The average Bonchev–Trinajstić information content (AvgIpc) is 3.13. The van der Waals surface area contributed by atoms with Crippen LogP contribution < -0.4 is 15.5 Å². The van der Waals surface area contributed by atoms with Crippen LogP contribution in [0.3, 0.4) is 0 Å². The molecule has 6 N–H and O–H groups in total. The van der Waals surface area contributed by atoms with Crippen molar-refractivity contribution in [2.45, 2.75) is 62.8 Å². The van der Waals surface area contributed by atoms with Gasteiger partial charge < -0.3 is 25.3 Å². The number of alkyl halides is 2. The highest BCUT2D eigenvalue weighted by Gasteiger charge is 2.41. The monoisotopic (exact) mass is 478 g/mol. The molecule has 0 aliphatic carbocycles. The molecular weight excluding hydrogens is 446 g/mol. The first-order valence-corrected chi connectivity index (χ1v) is 11.3. The van der Waals surface area contributed by atoms with E-state index < -0.39 is 30.8 Å². The molecule has 0 spiro atoms. The van der Waals surface area contributed by atoms with E-state index in [9.17, 15) is 29.2 Å². The topological polar surface area (TPSA) is 111 Å². The second-order valence-electron chi connectivity index (χ2n) is 9.20. The van der Waals surface area contributed by atoms with Crippen molar-refractivity contribution in [3.05, 3.63) is 64.7 Å². The Labute approximate surface area is 197 Å². The molecule has 2 aromatic carbocycles. The molecule has 186 valence electrons. The van der Waals surface area contributed by atoms with Crippen LogP contribution in [0, 0.1) is 0 Å². The summed E-state index contributed by atoms with van der Waals surface area (Å²) in [6.45, 7) is 0.382. The first-order chi connectivity index (χ1) is 16.1. The molecule has 34 heavy (non-hydrogen) atoms. The SMILES string of the molecule is CN(C)c1cccc(C(F)(F)[C@H](O)NCc2ccc3c(c2)CN(C2CC[C@H](O)N[C@@H]2O)[C@H]3O)c1. The molecule has 1 unspecified atom stereocenters. The van der Waals surface area contributed by atoms with E-state index >= 15 is 0 Å². The van der Waals surface area contributed by atoms with Crippen molar-refractivity contribution in [3.63, 3.8) is 0 Å². The zero-order valence-electron chi connectivity index (χ0n) is 19.2. The van der Waals surface area contributed by atoms with Gasteiger partial charge in [-0.1, -0.05) is 30.3 Å². The van der Waals surface area contributed by atoms with Crippen LogP contribution in [0.1, 0.15) is 41.3 Å². The number of aliphatic hydroxyl groups excluding tert-OH is 4. The van der Waals surface area contributed by atoms with Gasteiger partial charge in [0.2, 0.25) is 0 Å². The maximum Gasteiger partial charge on any atom is 0.311 e. The van der Waals surface area contributed by atoms with Gasteiger partial charge in [-0.3, -0.25) is 15.5 Å². The number of benzene rings is 2. The van der Waals surface area contributed by atoms with E-state index in [0.29, 0.717) is 36.2 Å². The van der Waals surface area contributed by atoms with Gasteiger partial charge in [0.15, 0.2) is 6.23 Å². The molecule has 1 saturated heterocycles. The highest BCUT2D eigenvalue weighted by atomic mass is 19.3. The summed E-state index contributed by atoms with van der Waals surface area (Å²) in [7, 11) is 3.51. The lowest BCUT2D eigenvalue weighted by Gasteiger charge is -2.39. The van der Waals surface area contributed by atoms with E-state index in [1.54, 1.807) is 48.2 Å². The number of halogens is 2. The maximum atomic E-state index is 14.9. The average molecular weight is 479 g/mol. The molecule has 5 atom stereocenters. The second-order valence-corrected chi connectivity index (χ2v) is 9.20. The van der Waals surface area contributed by atoms with Gasteiger partial charge in [0.25, 0.3) is 0 Å². The standard InChI is InChI=1S/C24H32F2N4O4/c1-29(2)17-5-3-4-16(11-17)24(25,26)23(34)27-12-14-6-7-18-15(10-14)13-30(22(18)33)19-8-9-20(31)28-21(19)32/h3-7,10-11,19-23,27-28,31-34H,8-9,12-13H2,1-2H3/t19?,20-,21+,22-,23-/m0/s1. The lowest BCUT2D eigenvalue weighted by atomic mass is 10.0. The van der Waals surface area contributed by atoms with Gasteiger partial charge in [-0.2, -0.15) is 8.78 Å². The van der Waals surface area contributed by atoms with Crippen LogP contribution in [0.5, 0.6) is 0 Å². The van der Waals surface area contributed by atoms with Crippen LogP contribution in [0.25, 0.3) is 0 Å². The fraction of sp³-hybridized carbons (Fsp3) is 0.500. The number of piperidine rings is 1. The van der Waals surface area contributed by atoms with Gasteiger partial charge in [0.05, 0.1) is 6.04 Å². The minimum Gasteiger partial charge on any atom is -0.379 e. The zero-order chi connectivity index (χ0) is 24.6. The molecule has 0 bridgehead atoms. The van der Waals surface area contributed by atoms with E-state index in [2.05, 4.69) is 10.6 Å². The Bertz CT molecular complexity index is 1010. The van der Waals surface area contributed by atoms with Gasteiger partial charge >= 0.3 is 5.92 Å². The molecule has 8 nitrogen and oxygen atoms in total. The molecule has 2 aliphatic rings. The molecule has 0 aromatic heterocycles. The van der Waals surface area contributed by atoms with E-state index in [4.69, 9.17) is 0 Å². The number of anilines is 1. The van der Waals surface area contributed by atoms with Crippen molar-refractivity contribution in [1.82, 2.24) is 15.5 Å². The van der Waals surface area contributed by atoms with Crippen molar-refractivity contribution >= 4 is 5.69 Å². The van der Waals surface area contributed by atoms with Crippen molar-refractivity contribution in [3.8, 4) is 0 Å². The van der Waals surface area contributed by atoms with E-state index in [1.807, 2.05) is 0 Å². The van der Waals surface area contributed by atoms with Crippen LogP contribution >= 0.6 is 0 Å². The Balaban J connectivity index is 1.41. The summed E-state index contributed by atoms with van der Waals surface area (Å²) in [4.78, 5) is 3.47. The summed E-state index contributed by atoms with van der Waals surface area (Å²) in [5.74, 6) is -3.50. The van der Waals surface area contributed by atoms with Crippen molar-refractivity contribution in [2.24, 2.45) is 0 Å². The fourth-order valence-corrected chi connectivity index (χ4v) is 4.64. The normalized spacial score (nSPS) is 26.4. The number of aliphatic hydroxyl groups is 4. The Kier molecular flexibility index (Phi) is 7.20. The van der Waals surface area contributed by atoms with Crippen LogP contribution in [-0.4, -0.2) is 64.1 Å². The summed E-state index contributed by atoms with van der Waals surface area (Å²) in [5.41, 5.74) is 2.52. The highest BCUT2D eigenvalue weighted by molar-refractivity contribution is 5.48. The maximum absolute atomic E-state index is 14.9. The minimum absolute atomic E-state index is 0.00725. The third kappa shape index (κ3) is 4.94. The lowest BCUT2D eigenvalue weighted by Crippen LogP contribution is -2.56. The summed E-state index contributed by atoms with van der Waals surface area (Å²) in [5, 5.41) is 46.1. The molecule has 2 heterocycles. The number of rotatable bonds is 7. The smallest absolute Gasteiger partial charge is 0.311 e. The zero-order valence-corrected chi connectivity index (χ0v) is 19.2. The Hall–Kier alpha value is -2.18. The molecule has 2 aromatic rings. The third-order valence-electron chi connectivity index (χ3n) is 6.63. The fourth-order valence-electron chi connectivity index (χ4n) is 4.64. The van der Waals surface area contributed by atoms with Gasteiger partial charge in [-0.15, -0.1) is 0 Å². The summed E-state index contributed by atoms with van der Waals surface area (Å²) in [6.07, 6.45) is -3.77. The van der Waals surface area contributed by atoms with Crippen molar-refractivity contribution in [1.29, 1.82) is 0 Å². The number of hydrogen-bond acceptors (Lipinski definition) is 8. The van der Waals surface area contributed by atoms with Crippen LogP contribution in [-0.2, 0) is 19.0 Å². The van der Waals surface area contributed by atoms with E-state index in [-0.39, 0.29) is 18.2 Å². The second kappa shape index (κ2) is 9.82. The molecule has 4 rings (SSSR count). The predicted octanol–water partition coefficient (Wildman–Crippen LogP) is 1.15. The van der Waals surface area contributed by atoms with Gasteiger partial charge in [0.1, 0.15) is 18.7 Å². The summed E-state index contributed by atoms with van der Waals surface area (Å²) < 4.78 is 29.7. The largest absolute Gasteiger partial charge is 0.379 e. The predicted molar refractivity (Wildman–Crippen MR) is 123 cm³/mol.